The van der Waals surface area contributed by atoms with Crippen LogP contribution >= 0.6 is 23.2 Å². The average molecular weight is 370 g/mol. The minimum Gasteiger partial charge on any atom is -0.491 e. The first-order valence-corrected chi connectivity index (χ1v) is 9.13. The minimum absolute atomic E-state index is 0.0386. The summed E-state index contributed by atoms with van der Waals surface area (Å²) in [7, 11) is 0. The van der Waals surface area contributed by atoms with Gasteiger partial charge in [-0.25, -0.2) is 0 Å². The lowest BCUT2D eigenvalue weighted by Gasteiger charge is -2.20. The highest BCUT2D eigenvalue weighted by Gasteiger charge is 2.30. The Labute approximate surface area is 150 Å². The largest absolute Gasteiger partial charge is 0.491 e. The molecule has 3 rings (SSSR count). The highest BCUT2D eigenvalue weighted by Crippen LogP contribution is 2.40. The topological polar surface area (TPSA) is 51.5 Å². The highest BCUT2D eigenvalue weighted by molar-refractivity contribution is 6.42. The van der Waals surface area contributed by atoms with Crippen LogP contribution in [0.2, 0.25) is 10.0 Å². The van der Waals surface area contributed by atoms with Crippen LogP contribution in [0.3, 0.4) is 0 Å². The molecule has 1 aliphatic rings. The molecule has 0 aliphatic heterocycles. The fourth-order valence-corrected chi connectivity index (χ4v) is 3.29. The van der Waals surface area contributed by atoms with Crippen molar-refractivity contribution in [1.29, 1.82) is 0 Å². The van der Waals surface area contributed by atoms with Crippen molar-refractivity contribution in [2.24, 2.45) is 0 Å². The van der Waals surface area contributed by atoms with Crippen molar-refractivity contribution in [2.75, 3.05) is 13.2 Å². The van der Waals surface area contributed by atoms with E-state index in [4.69, 9.17) is 27.9 Å². The van der Waals surface area contributed by atoms with Crippen LogP contribution in [0.1, 0.15) is 44.3 Å². The van der Waals surface area contributed by atoms with E-state index in [0.29, 0.717) is 39.6 Å². The predicted molar refractivity (Wildman–Crippen MR) is 97.7 cm³/mol. The lowest BCUT2D eigenvalue weighted by atomic mass is 10.1. The molecule has 2 aromatic rings. The number of halogens is 2. The first kappa shape index (κ1) is 17.6. The van der Waals surface area contributed by atoms with E-state index >= 15 is 0 Å². The fourth-order valence-electron chi connectivity index (χ4n) is 2.97. The van der Waals surface area contributed by atoms with Crippen molar-refractivity contribution in [3.05, 3.63) is 38.2 Å². The standard InChI is InChI=1S/C18H21Cl2NO3/c1-2-3-8-24-17-12-9-14(19)15(20)10-13(12)18(23)21(11-4-5-11)16(17)6-7-22/h9-11,22H,2-8H2,1H3. The normalized spacial score (nSPS) is 14.3. The Hall–Kier alpha value is -1.23. The van der Waals surface area contributed by atoms with Gasteiger partial charge < -0.3 is 14.4 Å². The number of ether oxygens (including phenoxy) is 1. The van der Waals surface area contributed by atoms with Crippen LogP contribution < -0.4 is 10.3 Å². The molecule has 6 heteroatoms. The summed E-state index contributed by atoms with van der Waals surface area (Å²) < 4.78 is 7.82. The van der Waals surface area contributed by atoms with Crippen molar-refractivity contribution >= 4 is 34.0 Å². The number of fused-ring (bicyclic) bond motifs is 1. The van der Waals surface area contributed by atoms with E-state index in [1.165, 1.54) is 0 Å². The van der Waals surface area contributed by atoms with Crippen molar-refractivity contribution in [2.45, 2.75) is 45.1 Å². The third-order valence-corrected chi connectivity index (χ3v) is 5.03. The van der Waals surface area contributed by atoms with Crippen LogP contribution in [-0.4, -0.2) is 22.9 Å². The summed E-state index contributed by atoms with van der Waals surface area (Å²) in [6.45, 7) is 2.62. The molecule has 0 amide bonds. The molecule has 0 bridgehead atoms. The van der Waals surface area contributed by atoms with E-state index in [1.807, 2.05) is 0 Å². The molecule has 4 nitrogen and oxygen atoms in total. The van der Waals surface area contributed by atoms with Gasteiger partial charge in [-0.15, -0.1) is 0 Å². The molecule has 0 saturated heterocycles. The van der Waals surface area contributed by atoms with Gasteiger partial charge in [0.25, 0.3) is 5.56 Å². The van der Waals surface area contributed by atoms with Crippen LogP contribution in [0.4, 0.5) is 0 Å². The fraction of sp³-hybridized carbons (Fsp3) is 0.500. The van der Waals surface area contributed by atoms with Crippen LogP contribution in [0.5, 0.6) is 5.75 Å². The number of hydrogen-bond donors (Lipinski definition) is 1. The number of aromatic nitrogens is 1. The zero-order valence-corrected chi connectivity index (χ0v) is 15.2. The van der Waals surface area contributed by atoms with Gasteiger partial charge in [-0.05, 0) is 31.4 Å². The molecule has 1 N–H and O–H groups in total. The molecular formula is C18H21Cl2NO3. The molecule has 1 aliphatic carbocycles. The maximum Gasteiger partial charge on any atom is 0.259 e. The Morgan fingerprint density at radius 3 is 2.50 bits per heavy atom. The lowest BCUT2D eigenvalue weighted by molar-refractivity contribution is 0.280. The molecule has 1 aromatic carbocycles. The second-order valence-electron chi connectivity index (χ2n) is 6.17. The first-order valence-electron chi connectivity index (χ1n) is 8.38. The maximum atomic E-state index is 13.0. The molecule has 0 radical (unpaired) electrons. The summed E-state index contributed by atoms with van der Waals surface area (Å²) in [5.41, 5.74) is 0.671. The van der Waals surface area contributed by atoms with Gasteiger partial charge in [0.2, 0.25) is 0 Å². The molecule has 24 heavy (non-hydrogen) atoms. The number of nitrogens with zero attached hydrogens (tertiary/aromatic N) is 1. The zero-order chi connectivity index (χ0) is 17.3. The Bertz CT molecular complexity index is 812. The quantitative estimate of drug-likeness (QED) is 0.737. The molecule has 1 saturated carbocycles. The predicted octanol–water partition coefficient (Wildman–Crippen LogP) is 4.36. The molecular weight excluding hydrogens is 349 g/mol. The number of rotatable bonds is 7. The molecule has 1 heterocycles. The summed E-state index contributed by atoms with van der Waals surface area (Å²) in [5.74, 6) is 0.651. The number of aliphatic hydroxyl groups is 1. The summed E-state index contributed by atoms with van der Waals surface area (Å²) in [4.78, 5) is 13.0. The monoisotopic (exact) mass is 369 g/mol. The molecule has 1 aromatic heterocycles. The Balaban J connectivity index is 2.28. The van der Waals surface area contributed by atoms with E-state index in [2.05, 4.69) is 6.92 Å². The summed E-state index contributed by atoms with van der Waals surface area (Å²) in [5, 5.41) is 11.4. The second kappa shape index (κ2) is 7.34. The second-order valence-corrected chi connectivity index (χ2v) is 6.98. The average Bonchev–Trinajstić information content (AvgIpc) is 3.37. The maximum absolute atomic E-state index is 13.0. The van der Waals surface area contributed by atoms with E-state index in [-0.39, 0.29) is 18.2 Å². The van der Waals surface area contributed by atoms with Gasteiger partial charge in [0, 0.05) is 24.5 Å². The van der Waals surface area contributed by atoms with Gasteiger partial charge in [0.1, 0.15) is 5.75 Å². The molecule has 0 unspecified atom stereocenters. The van der Waals surface area contributed by atoms with E-state index in [0.717, 1.165) is 31.4 Å². The number of unbranched alkanes of at least 4 members (excludes halogenated alkanes) is 1. The van der Waals surface area contributed by atoms with Crippen LogP contribution in [-0.2, 0) is 6.42 Å². The molecule has 0 atom stereocenters. The Kier molecular flexibility index (Phi) is 5.38. The molecule has 1 fully saturated rings. The Morgan fingerprint density at radius 1 is 1.25 bits per heavy atom. The van der Waals surface area contributed by atoms with E-state index in [1.54, 1.807) is 16.7 Å². The van der Waals surface area contributed by atoms with Gasteiger partial charge in [-0.2, -0.15) is 0 Å². The van der Waals surface area contributed by atoms with Gasteiger partial charge in [-0.3, -0.25) is 4.79 Å². The van der Waals surface area contributed by atoms with Gasteiger partial charge in [0.05, 0.1) is 27.7 Å². The smallest absolute Gasteiger partial charge is 0.259 e. The van der Waals surface area contributed by atoms with E-state index < -0.39 is 0 Å². The van der Waals surface area contributed by atoms with E-state index in [9.17, 15) is 9.90 Å². The minimum atomic E-state index is -0.0858. The van der Waals surface area contributed by atoms with Crippen molar-refractivity contribution in [3.63, 3.8) is 0 Å². The van der Waals surface area contributed by atoms with Crippen LogP contribution in [0, 0.1) is 0 Å². The Morgan fingerprint density at radius 2 is 1.92 bits per heavy atom. The number of aliphatic hydroxyl groups excluding tert-OH is 1. The van der Waals surface area contributed by atoms with Crippen LogP contribution in [0.15, 0.2) is 16.9 Å². The summed E-state index contributed by atoms with van der Waals surface area (Å²) >= 11 is 12.3. The third kappa shape index (κ3) is 3.28. The molecule has 0 spiro atoms. The van der Waals surface area contributed by atoms with Crippen molar-refractivity contribution in [3.8, 4) is 5.75 Å². The van der Waals surface area contributed by atoms with Crippen LogP contribution in [0.25, 0.3) is 10.8 Å². The lowest BCUT2D eigenvalue weighted by Crippen LogP contribution is -2.25. The highest BCUT2D eigenvalue weighted by atomic mass is 35.5. The first-order chi connectivity index (χ1) is 11.6. The van der Waals surface area contributed by atoms with Gasteiger partial charge in [0.15, 0.2) is 0 Å². The summed E-state index contributed by atoms with van der Waals surface area (Å²) in [6.07, 6.45) is 4.26. The SMILES string of the molecule is CCCCOc1c(CCO)n(C2CC2)c(=O)c2cc(Cl)c(Cl)cc12. The number of benzene rings is 1. The zero-order valence-electron chi connectivity index (χ0n) is 13.6. The summed E-state index contributed by atoms with van der Waals surface area (Å²) in [6, 6.07) is 3.50. The van der Waals surface area contributed by atoms with Crippen molar-refractivity contribution < 1.29 is 9.84 Å². The number of hydrogen-bond acceptors (Lipinski definition) is 3. The van der Waals surface area contributed by atoms with Gasteiger partial charge >= 0.3 is 0 Å². The van der Waals surface area contributed by atoms with Gasteiger partial charge in [-0.1, -0.05) is 36.5 Å². The third-order valence-electron chi connectivity index (χ3n) is 4.31. The number of pyridine rings is 1. The molecule has 130 valence electrons. The van der Waals surface area contributed by atoms with Crippen molar-refractivity contribution in [1.82, 2.24) is 4.57 Å².